The van der Waals surface area contributed by atoms with Crippen LogP contribution >= 0.6 is 0 Å². The van der Waals surface area contributed by atoms with Crippen molar-refractivity contribution in [2.75, 3.05) is 11.9 Å². The summed E-state index contributed by atoms with van der Waals surface area (Å²) in [4.78, 5) is 28.4. The average Bonchev–Trinajstić information content (AvgIpc) is 2.78. The van der Waals surface area contributed by atoms with Crippen LogP contribution in [0.25, 0.3) is 0 Å². The SMILES string of the molecule is CC(C)CN1C(=O)c2ccccc2[C@@H](C(=O)Nc2ccc(F)c(C#N)c2)[C@@H]1C(C=N)C=N. The van der Waals surface area contributed by atoms with Crippen LogP contribution in [0.1, 0.15) is 41.3 Å². The Balaban J connectivity index is 2.11. The third kappa shape index (κ3) is 4.28. The van der Waals surface area contributed by atoms with Gasteiger partial charge >= 0.3 is 0 Å². The van der Waals surface area contributed by atoms with E-state index in [2.05, 4.69) is 5.32 Å². The fourth-order valence-corrected chi connectivity index (χ4v) is 4.10. The van der Waals surface area contributed by atoms with Crippen LogP contribution in [0.5, 0.6) is 0 Å². The van der Waals surface area contributed by atoms with Gasteiger partial charge in [0.05, 0.1) is 17.5 Å². The molecule has 3 N–H and O–H groups in total. The first kappa shape index (κ1) is 22.8. The molecular formula is C24H24FN5O2. The van der Waals surface area contributed by atoms with Gasteiger partial charge in [0, 0.05) is 36.1 Å². The molecule has 8 heteroatoms. The summed E-state index contributed by atoms with van der Waals surface area (Å²) in [6.45, 7) is 4.26. The van der Waals surface area contributed by atoms with E-state index in [1.54, 1.807) is 35.2 Å². The van der Waals surface area contributed by atoms with Gasteiger partial charge in [0.15, 0.2) is 0 Å². The summed E-state index contributed by atoms with van der Waals surface area (Å²) < 4.78 is 13.7. The number of fused-ring (bicyclic) bond motifs is 1. The number of nitrogens with zero attached hydrogens (tertiary/aromatic N) is 2. The van der Waals surface area contributed by atoms with Crippen molar-refractivity contribution in [3.8, 4) is 6.07 Å². The summed E-state index contributed by atoms with van der Waals surface area (Å²) in [5.41, 5.74) is 0.959. The summed E-state index contributed by atoms with van der Waals surface area (Å²) in [6.07, 6.45) is 2.14. The van der Waals surface area contributed by atoms with E-state index >= 15 is 0 Å². The number of carbonyl (C=O) groups excluding carboxylic acids is 2. The maximum absolute atomic E-state index is 13.7. The van der Waals surface area contributed by atoms with Crippen LogP contribution in [0, 0.1) is 39.8 Å². The van der Waals surface area contributed by atoms with Crippen LogP contribution in [-0.2, 0) is 4.79 Å². The van der Waals surface area contributed by atoms with Crippen molar-refractivity contribution in [2.45, 2.75) is 25.8 Å². The molecule has 0 aliphatic carbocycles. The van der Waals surface area contributed by atoms with Crippen molar-refractivity contribution in [3.63, 3.8) is 0 Å². The molecule has 2 aromatic rings. The zero-order chi connectivity index (χ0) is 23.4. The Labute approximate surface area is 185 Å². The lowest BCUT2D eigenvalue weighted by atomic mass is 9.76. The number of rotatable bonds is 7. The largest absolute Gasteiger partial charge is 0.333 e. The van der Waals surface area contributed by atoms with Crippen LogP contribution in [0.4, 0.5) is 10.1 Å². The van der Waals surface area contributed by atoms with Gasteiger partial charge in [0.25, 0.3) is 5.91 Å². The third-order valence-corrected chi connectivity index (χ3v) is 5.47. The molecule has 1 aliphatic rings. The van der Waals surface area contributed by atoms with E-state index in [1.165, 1.54) is 12.1 Å². The summed E-state index contributed by atoms with van der Waals surface area (Å²) >= 11 is 0. The van der Waals surface area contributed by atoms with Gasteiger partial charge in [-0.1, -0.05) is 32.0 Å². The summed E-state index contributed by atoms with van der Waals surface area (Å²) in [5, 5.41) is 27.5. The number of nitrogens with one attached hydrogen (secondary N) is 3. The number of nitriles is 1. The van der Waals surface area contributed by atoms with E-state index in [-0.39, 0.29) is 23.1 Å². The molecule has 1 heterocycles. The van der Waals surface area contributed by atoms with Gasteiger partial charge < -0.3 is 21.0 Å². The number of halogens is 1. The van der Waals surface area contributed by atoms with Crippen LogP contribution in [0.15, 0.2) is 42.5 Å². The van der Waals surface area contributed by atoms with Crippen molar-refractivity contribution in [1.82, 2.24) is 4.90 Å². The number of benzene rings is 2. The predicted octanol–water partition coefficient (Wildman–Crippen LogP) is 3.82. The predicted molar refractivity (Wildman–Crippen MR) is 120 cm³/mol. The molecule has 0 fully saturated rings. The Kier molecular flexibility index (Phi) is 6.79. The maximum atomic E-state index is 13.7. The Bertz CT molecular complexity index is 1100. The minimum atomic E-state index is -0.869. The van der Waals surface area contributed by atoms with E-state index in [9.17, 15) is 14.0 Å². The highest BCUT2D eigenvalue weighted by Gasteiger charge is 2.46. The number of carbonyl (C=O) groups is 2. The van der Waals surface area contributed by atoms with Crippen LogP contribution in [0.2, 0.25) is 0 Å². The van der Waals surface area contributed by atoms with Gasteiger partial charge in [-0.2, -0.15) is 5.26 Å². The lowest BCUT2D eigenvalue weighted by Crippen LogP contribution is -2.56. The van der Waals surface area contributed by atoms with E-state index in [1.807, 2.05) is 13.8 Å². The van der Waals surface area contributed by atoms with Crippen molar-refractivity contribution >= 4 is 29.9 Å². The molecule has 0 saturated carbocycles. The molecule has 2 aromatic carbocycles. The second-order valence-electron chi connectivity index (χ2n) is 8.11. The zero-order valence-corrected chi connectivity index (χ0v) is 17.8. The molecule has 0 bridgehead atoms. The molecule has 2 atom stereocenters. The molecule has 7 nitrogen and oxygen atoms in total. The van der Waals surface area contributed by atoms with E-state index in [0.717, 1.165) is 18.5 Å². The van der Waals surface area contributed by atoms with Gasteiger partial charge in [-0.05, 0) is 35.7 Å². The lowest BCUT2D eigenvalue weighted by molar-refractivity contribution is -0.119. The molecule has 0 radical (unpaired) electrons. The number of hydrogen-bond donors (Lipinski definition) is 3. The zero-order valence-electron chi connectivity index (χ0n) is 17.8. The Morgan fingerprint density at radius 2 is 1.94 bits per heavy atom. The minimum absolute atomic E-state index is 0.0998. The fourth-order valence-electron chi connectivity index (χ4n) is 4.10. The highest BCUT2D eigenvalue weighted by Crippen LogP contribution is 2.37. The Morgan fingerprint density at radius 1 is 1.25 bits per heavy atom. The molecule has 0 spiro atoms. The van der Waals surface area contributed by atoms with Gasteiger partial charge in [0.1, 0.15) is 11.9 Å². The molecule has 1 aliphatic heterocycles. The van der Waals surface area contributed by atoms with E-state index in [0.29, 0.717) is 17.7 Å². The van der Waals surface area contributed by atoms with Crippen molar-refractivity contribution in [3.05, 3.63) is 65.0 Å². The third-order valence-electron chi connectivity index (χ3n) is 5.47. The first-order valence-corrected chi connectivity index (χ1v) is 10.2. The number of anilines is 1. The Morgan fingerprint density at radius 3 is 2.56 bits per heavy atom. The van der Waals surface area contributed by atoms with E-state index in [4.69, 9.17) is 16.1 Å². The highest BCUT2D eigenvalue weighted by atomic mass is 19.1. The lowest BCUT2D eigenvalue weighted by Gasteiger charge is -2.44. The number of amides is 2. The second kappa shape index (κ2) is 9.52. The molecular weight excluding hydrogens is 409 g/mol. The van der Waals surface area contributed by atoms with Crippen molar-refractivity contribution < 1.29 is 14.0 Å². The summed E-state index contributed by atoms with van der Waals surface area (Å²) in [7, 11) is 0. The summed E-state index contributed by atoms with van der Waals surface area (Å²) in [5.74, 6) is -2.94. The monoisotopic (exact) mass is 433 g/mol. The Hall–Kier alpha value is -3.86. The van der Waals surface area contributed by atoms with Gasteiger partial charge in [-0.15, -0.1) is 0 Å². The molecule has 2 amide bonds. The van der Waals surface area contributed by atoms with Gasteiger partial charge in [0.2, 0.25) is 5.91 Å². The molecule has 0 aromatic heterocycles. The maximum Gasteiger partial charge on any atom is 0.254 e. The van der Waals surface area contributed by atoms with Crippen LogP contribution in [0.3, 0.4) is 0 Å². The van der Waals surface area contributed by atoms with Crippen molar-refractivity contribution in [2.24, 2.45) is 11.8 Å². The second-order valence-corrected chi connectivity index (χ2v) is 8.11. The van der Waals surface area contributed by atoms with Crippen LogP contribution in [-0.4, -0.2) is 41.7 Å². The summed E-state index contributed by atoms with van der Waals surface area (Å²) in [6, 6.07) is 11.5. The number of hydrogen-bond acceptors (Lipinski definition) is 5. The average molecular weight is 433 g/mol. The minimum Gasteiger partial charge on any atom is -0.333 e. The fraction of sp³-hybridized carbons (Fsp3) is 0.292. The van der Waals surface area contributed by atoms with Gasteiger partial charge in [-0.25, -0.2) is 4.39 Å². The molecule has 32 heavy (non-hydrogen) atoms. The quantitative estimate of drug-likeness (QED) is 0.576. The molecule has 0 saturated heterocycles. The first-order valence-electron chi connectivity index (χ1n) is 10.2. The topological polar surface area (TPSA) is 121 Å². The molecule has 164 valence electrons. The van der Waals surface area contributed by atoms with Crippen LogP contribution < -0.4 is 5.32 Å². The van der Waals surface area contributed by atoms with Crippen molar-refractivity contribution in [1.29, 1.82) is 16.1 Å². The highest BCUT2D eigenvalue weighted by molar-refractivity contribution is 6.05. The first-order chi connectivity index (χ1) is 15.3. The smallest absolute Gasteiger partial charge is 0.254 e. The standard InChI is InChI=1S/C24H24FN5O2/c1-14(2)13-30-22(16(11-27)12-28)21(18-5-3-4-6-19(18)24(30)32)23(31)29-17-7-8-20(25)15(9-17)10-26/h3-9,11-12,14,16,21-22,27-28H,13H2,1-2H3,(H,29,31)/t16?,21-,22+/m1/s1. The molecule has 0 unspecified atom stereocenters. The van der Waals surface area contributed by atoms with E-state index < -0.39 is 29.6 Å². The molecule has 3 rings (SSSR count). The normalized spacial score (nSPS) is 18.5. The van der Waals surface area contributed by atoms with Gasteiger partial charge in [-0.3, -0.25) is 9.59 Å².